The van der Waals surface area contributed by atoms with E-state index in [2.05, 4.69) is 13.8 Å². The Morgan fingerprint density at radius 2 is 0.473 bits per heavy atom. The minimum Gasteiger partial charge on any atom is -0.312 e. The van der Waals surface area contributed by atoms with Gasteiger partial charge in [-0.2, -0.15) is 0 Å². The van der Waals surface area contributed by atoms with Crippen molar-refractivity contribution in [1.29, 1.82) is 0 Å². The highest BCUT2D eigenvalue weighted by Gasteiger charge is 2.28. The molecule has 0 aliphatic carbocycles. The smallest absolute Gasteiger partial charge is 0.312 e. The maximum absolute atomic E-state index is 12.9. The van der Waals surface area contributed by atoms with E-state index in [9.17, 15) is 9.46 Å². The third-order valence-corrected chi connectivity index (χ3v) is 13.9. The van der Waals surface area contributed by atoms with Gasteiger partial charge in [0.2, 0.25) is 0 Å². The lowest BCUT2D eigenvalue weighted by Gasteiger charge is -2.26. The number of unbranched alkanes of at least 4 members (excludes halogenated alkanes) is 42. The van der Waals surface area contributed by atoms with Crippen LogP contribution in [0.25, 0.3) is 0 Å². The average molecular weight is 798 g/mol. The summed E-state index contributed by atoms with van der Waals surface area (Å²) in [5.41, 5.74) is 0. The first kappa shape index (κ1) is 55.1. The number of nitrogens with zero attached hydrogens (tertiary/aromatic N) is 1. The highest BCUT2D eigenvalue weighted by Crippen LogP contribution is 2.46. The quantitative estimate of drug-likeness (QED) is 0.0492. The van der Waals surface area contributed by atoms with Crippen molar-refractivity contribution in [2.45, 2.75) is 303 Å². The van der Waals surface area contributed by atoms with Crippen LogP contribution in [-0.4, -0.2) is 29.3 Å². The molecular weight excluding hydrogens is 694 g/mol. The summed E-state index contributed by atoms with van der Waals surface area (Å²) in [6.07, 6.45) is 60.8. The molecular formula is C50H104NO3P. The van der Waals surface area contributed by atoms with Gasteiger partial charge in [0.15, 0.2) is 0 Å². The molecule has 0 aliphatic rings. The SMILES string of the molecule is CCCCCCCCCCCCCCCCCCCCCCCCN(CCCCCCCCCCCCCCCCCCCCCCCC)P(=O)(O)OCC. The fourth-order valence-corrected chi connectivity index (χ4v) is 9.71. The summed E-state index contributed by atoms with van der Waals surface area (Å²) < 4.78 is 20.0. The van der Waals surface area contributed by atoms with Gasteiger partial charge in [-0.3, -0.25) is 4.52 Å². The van der Waals surface area contributed by atoms with Gasteiger partial charge in [0.1, 0.15) is 0 Å². The monoisotopic (exact) mass is 798 g/mol. The van der Waals surface area contributed by atoms with Crippen LogP contribution in [0.4, 0.5) is 0 Å². The predicted molar refractivity (Wildman–Crippen MR) is 248 cm³/mol. The Labute approximate surface area is 348 Å². The molecule has 0 rings (SSSR count). The molecule has 4 nitrogen and oxygen atoms in total. The number of rotatable bonds is 49. The third kappa shape index (κ3) is 43.5. The van der Waals surface area contributed by atoms with Gasteiger partial charge in [-0.15, -0.1) is 0 Å². The summed E-state index contributed by atoms with van der Waals surface area (Å²) in [4.78, 5) is 10.6. The zero-order chi connectivity index (χ0) is 40.0. The van der Waals surface area contributed by atoms with Crippen molar-refractivity contribution in [2.75, 3.05) is 19.7 Å². The molecule has 0 bridgehead atoms. The van der Waals surface area contributed by atoms with E-state index < -0.39 is 7.75 Å². The first-order chi connectivity index (χ1) is 27.1. The first-order valence-electron chi connectivity index (χ1n) is 25.8. The maximum Gasteiger partial charge on any atom is 0.405 e. The molecule has 0 saturated heterocycles. The summed E-state index contributed by atoms with van der Waals surface area (Å²) in [5, 5.41) is 0. The second-order valence-corrected chi connectivity index (χ2v) is 19.5. The van der Waals surface area contributed by atoms with Gasteiger partial charge in [-0.25, -0.2) is 9.24 Å². The summed E-state index contributed by atoms with van der Waals surface area (Å²) >= 11 is 0. The lowest BCUT2D eigenvalue weighted by Crippen LogP contribution is -2.24. The van der Waals surface area contributed by atoms with Crippen molar-refractivity contribution in [1.82, 2.24) is 4.67 Å². The Morgan fingerprint density at radius 3 is 0.636 bits per heavy atom. The van der Waals surface area contributed by atoms with Crippen molar-refractivity contribution in [2.24, 2.45) is 0 Å². The van der Waals surface area contributed by atoms with Crippen molar-refractivity contribution in [3.63, 3.8) is 0 Å². The van der Waals surface area contributed by atoms with Gasteiger partial charge in [-0.1, -0.05) is 284 Å². The molecule has 332 valence electrons. The Balaban J connectivity index is 3.59. The molecule has 1 unspecified atom stereocenters. The van der Waals surface area contributed by atoms with E-state index in [0.717, 1.165) is 25.7 Å². The van der Waals surface area contributed by atoms with Crippen molar-refractivity contribution >= 4 is 7.75 Å². The molecule has 5 heteroatoms. The fraction of sp³-hybridized carbons (Fsp3) is 1.00. The Bertz CT molecular complexity index is 701. The van der Waals surface area contributed by atoms with Crippen LogP contribution in [0.1, 0.15) is 303 Å². The van der Waals surface area contributed by atoms with Crippen molar-refractivity contribution < 1.29 is 14.0 Å². The van der Waals surface area contributed by atoms with Gasteiger partial charge < -0.3 is 4.89 Å². The molecule has 0 heterocycles. The maximum atomic E-state index is 12.9. The van der Waals surface area contributed by atoms with E-state index in [0.29, 0.717) is 19.7 Å². The van der Waals surface area contributed by atoms with E-state index in [1.165, 1.54) is 257 Å². The van der Waals surface area contributed by atoms with Gasteiger partial charge in [0, 0.05) is 13.1 Å². The topological polar surface area (TPSA) is 49.8 Å². The van der Waals surface area contributed by atoms with Crippen LogP contribution < -0.4 is 0 Å². The van der Waals surface area contributed by atoms with Crippen molar-refractivity contribution in [3.8, 4) is 0 Å². The summed E-state index contributed by atoms with van der Waals surface area (Å²) in [6, 6.07) is 0. The van der Waals surface area contributed by atoms with Crippen LogP contribution >= 0.6 is 7.75 Å². The molecule has 1 N–H and O–H groups in total. The molecule has 0 fully saturated rings. The van der Waals surface area contributed by atoms with Gasteiger partial charge in [0.05, 0.1) is 6.61 Å². The van der Waals surface area contributed by atoms with Crippen LogP contribution in [0.2, 0.25) is 0 Å². The lowest BCUT2D eigenvalue weighted by molar-refractivity contribution is 0.206. The van der Waals surface area contributed by atoms with E-state index in [-0.39, 0.29) is 0 Å². The molecule has 55 heavy (non-hydrogen) atoms. The van der Waals surface area contributed by atoms with Gasteiger partial charge in [-0.05, 0) is 19.8 Å². The minimum atomic E-state index is -3.66. The number of hydrogen-bond acceptors (Lipinski definition) is 2. The molecule has 0 saturated carbocycles. The normalized spacial score (nSPS) is 13.0. The lowest BCUT2D eigenvalue weighted by atomic mass is 10.0. The predicted octanol–water partition coefficient (Wildman–Crippen LogP) is 18.6. The third-order valence-electron chi connectivity index (χ3n) is 12.2. The summed E-state index contributed by atoms with van der Waals surface area (Å²) in [5.74, 6) is 0. The average Bonchev–Trinajstić information content (AvgIpc) is 3.17. The molecule has 0 aromatic rings. The zero-order valence-electron chi connectivity index (χ0n) is 38.4. The first-order valence-corrected chi connectivity index (χ1v) is 27.3. The van der Waals surface area contributed by atoms with Crippen LogP contribution in [0.5, 0.6) is 0 Å². The molecule has 0 radical (unpaired) electrons. The highest BCUT2D eigenvalue weighted by molar-refractivity contribution is 7.50. The van der Waals surface area contributed by atoms with E-state index >= 15 is 0 Å². The van der Waals surface area contributed by atoms with Crippen LogP contribution in [-0.2, 0) is 9.09 Å². The molecule has 0 aliphatic heterocycles. The molecule has 0 spiro atoms. The minimum absolute atomic E-state index is 0.295. The van der Waals surface area contributed by atoms with Gasteiger partial charge >= 0.3 is 7.75 Å². The van der Waals surface area contributed by atoms with E-state index in [1.54, 1.807) is 4.67 Å². The highest BCUT2D eigenvalue weighted by atomic mass is 31.2. The van der Waals surface area contributed by atoms with Gasteiger partial charge in [0.25, 0.3) is 0 Å². The van der Waals surface area contributed by atoms with Crippen LogP contribution in [0.15, 0.2) is 0 Å². The second-order valence-electron chi connectivity index (χ2n) is 17.7. The Kier molecular flexibility index (Phi) is 46.9. The molecule has 1 atom stereocenters. The summed E-state index contributed by atoms with van der Waals surface area (Å²) in [6.45, 7) is 8.09. The Hall–Kier alpha value is 0.110. The molecule has 0 amide bonds. The van der Waals surface area contributed by atoms with Crippen LogP contribution in [0, 0.1) is 0 Å². The summed E-state index contributed by atoms with van der Waals surface area (Å²) in [7, 11) is -3.66. The largest absolute Gasteiger partial charge is 0.405 e. The molecule has 0 aromatic heterocycles. The Morgan fingerprint density at radius 1 is 0.309 bits per heavy atom. The second kappa shape index (κ2) is 46.8. The fourth-order valence-electron chi connectivity index (χ4n) is 8.42. The zero-order valence-corrected chi connectivity index (χ0v) is 39.3. The van der Waals surface area contributed by atoms with Crippen LogP contribution in [0.3, 0.4) is 0 Å². The van der Waals surface area contributed by atoms with E-state index in [4.69, 9.17) is 4.52 Å². The standard InChI is InChI=1S/C50H104NO3P/c1-4-7-9-11-13-15-17-19-21-23-25-27-29-31-33-35-37-39-41-43-45-47-49-51(55(52,53)54-6-3)50-48-46-44-42-40-38-36-34-32-30-28-26-24-22-20-18-16-14-12-10-8-5-2/h4-50H2,1-3H3,(H,52,53). The van der Waals surface area contributed by atoms with E-state index in [1.807, 2.05) is 6.92 Å². The van der Waals surface area contributed by atoms with Crippen molar-refractivity contribution in [3.05, 3.63) is 0 Å². The number of hydrogen-bond donors (Lipinski definition) is 1. The molecule has 0 aromatic carbocycles.